The van der Waals surface area contributed by atoms with Gasteiger partial charge in [0.1, 0.15) is 5.76 Å². The standard InChI is InChI=1S/C15H24N2O4/c1-11-8-12(2)21-13(11)14(18)16-9-15(3,19)10-17-4-6-20-7-5-17/h8,19H,4-7,9-10H2,1-3H3,(H,16,18). The summed E-state index contributed by atoms with van der Waals surface area (Å²) >= 11 is 0. The van der Waals surface area contributed by atoms with E-state index in [9.17, 15) is 9.90 Å². The number of nitrogens with one attached hydrogen (secondary N) is 1. The summed E-state index contributed by atoms with van der Waals surface area (Å²) in [6.07, 6.45) is 0. The van der Waals surface area contributed by atoms with Gasteiger partial charge in [-0.1, -0.05) is 0 Å². The number of nitrogens with zero attached hydrogens (tertiary/aromatic N) is 1. The third-order valence-corrected chi connectivity index (χ3v) is 3.54. The Morgan fingerprint density at radius 1 is 1.43 bits per heavy atom. The fraction of sp³-hybridized carbons (Fsp3) is 0.667. The van der Waals surface area contributed by atoms with Gasteiger partial charge < -0.3 is 19.6 Å². The molecule has 1 unspecified atom stereocenters. The average Bonchev–Trinajstić information content (AvgIpc) is 2.76. The van der Waals surface area contributed by atoms with Crippen LogP contribution in [-0.4, -0.2) is 60.9 Å². The van der Waals surface area contributed by atoms with Gasteiger partial charge in [0.05, 0.1) is 18.8 Å². The van der Waals surface area contributed by atoms with Crippen molar-refractivity contribution >= 4 is 5.91 Å². The number of aliphatic hydroxyl groups is 1. The summed E-state index contributed by atoms with van der Waals surface area (Å²) in [4.78, 5) is 14.2. The van der Waals surface area contributed by atoms with E-state index in [2.05, 4.69) is 10.2 Å². The van der Waals surface area contributed by atoms with Gasteiger partial charge in [0.2, 0.25) is 0 Å². The van der Waals surface area contributed by atoms with E-state index in [-0.39, 0.29) is 12.5 Å². The van der Waals surface area contributed by atoms with Crippen LogP contribution in [0.25, 0.3) is 0 Å². The molecule has 0 aliphatic carbocycles. The lowest BCUT2D eigenvalue weighted by atomic mass is 10.1. The first-order valence-electron chi connectivity index (χ1n) is 7.25. The van der Waals surface area contributed by atoms with Crippen molar-refractivity contribution < 1.29 is 19.1 Å². The highest BCUT2D eigenvalue weighted by atomic mass is 16.5. The first-order chi connectivity index (χ1) is 9.87. The van der Waals surface area contributed by atoms with Gasteiger partial charge in [-0.2, -0.15) is 0 Å². The Balaban J connectivity index is 1.85. The molecule has 1 aromatic rings. The van der Waals surface area contributed by atoms with Crippen LogP contribution < -0.4 is 5.32 Å². The molecule has 0 bridgehead atoms. The molecule has 1 aliphatic heterocycles. The molecule has 0 radical (unpaired) electrons. The summed E-state index contributed by atoms with van der Waals surface area (Å²) in [5, 5.41) is 13.2. The van der Waals surface area contributed by atoms with Crippen LogP contribution in [0.4, 0.5) is 0 Å². The second kappa shape index (κ2) is 6.60. The fourth-order valence-electron chi connectivity index (χ4n) is 2.51. The van der Waals surface area contributed by atoms with Crippen LogP contribution in [0.3, 0.4) is 0 Å². The molecule has 1 aliphatic rings. The maximum Gasteiger partial charge on any atom is 0.287 e. The van der Waals surface area contributed by atoms with Crippen molar-refractivity contribution in [2.24, 2.45) is 0 Å². The molecule has 0 aromatic carbocycles. The van der Waals surface area contributed by atoms with Crippen molar-refractivity contribution in [2.75, 3.05) is 39.4 Å². The summed E-state index contributed by atoms with van der Waals surface area (Å²) in [6.45, 7) is 9.04. The maximum absolute atomic E-state index is 12.1. The van der Waals surface area contributed by atoms with Crippen molar-refractivity contribution in [3.8, 4) is 0 Å². The Kier molecular flexibility index (Phi) is 5.03. The van der Waals surface area contributed by atoms with Gasteiger partial charge in [-0.05, 0) is 26.8 Å². The molecular weight excluding hydrogens is 272 g/mol. The van der Waals surface area contributed by atoms with Crippen LogP contribution in [0, 0.1) is 13.8 Å². The summed E-state index contributed by atoms with van der Waals surface area (Å²) in [6, 6.07) is 1.82. The topological polar surface area (TPSA) is 74.9 Å². The lowest BCUT2D eigenvalue weighted by Gasteiger charge is -2.33. The monoisotopic (exact) mass is 296 g/mol. The van der Waals surface area contributed by atoms with Crippen molar-refractivity contribution in [1.29, 1.82) is 0 Å². The van der Waals surface area contributed by atoms with Crippen LogP contribution in [0.5, 0.6) is 0 Å². The first-order valence-corrected chi connectivity index (χ1v) is 7.25. The van der Waals surface area contributed by atoms with E-state index in [4.69, 9.17) is 9.15 Å². The van der Waals surface area contributed by atoms with Crippen molar-refractivity contribution in [3.05, 3.63) is 23.2 Å². The summed E-state index contributed by atoms with van der Waals surface area (Å²) in [5.74, 6) is 0.732. The van der Waals surface area contributed by atoms with Crippen molar-refractivity contribution in [2.45, 2.75) is 26.4 Å². The van der Waals surface area contributed by atoms with E-state index in [0.717, 1.165) is 18.7 Å². The molecule has 1 aromatic heterocycles. The number of rotatable bonds is 5. The highest BCUT2D eigenvalue weighted by Gasteiger charge is 2.26. The molecule has 1 amide bonds. The van der Waals surface area contributed by atoms with E-state index in [1.54, 1.807) is 13.8 Å². The second-order valence-electron chi connectivity index (χ2n) is 5.94. The van der Waals surface area contributed by atoms with Gasteiger partial charge in [0, 0.05) is 31.7 Å². The number of morpholine rings is 1. The fourth-order valence-corrected chi connectivity index (χ4v) is 2.51. The second-order valence-corrected chi connectivity index (χ2v) is 5.94. The van der Waals surface area contributed by atoms with E-state index in [0.29, 0.717) is 31.3 Å². The molecule has 0 spiro atoms. The van der Waals surface area contributed by atoms with Gasteiger partial charge in [-0.25, -0.2) is 0 Å². The van der Waals surface area contributed by atoms with Crippen molar-refractivity contribution in [1.82, 2.24) is 10.2 Å². The maximum atomic E-state index is 12.1. The zero-order chi connectivity index (χ0) is 15.5. The first kappa shape index (κ1) is 16.0. The molecule has 1 saturated heterocycles. The quantitative estimate of drug-likeness (QED) is 0.837. The molecule has 118 valence electrons. The lowest BCUT2D eigenvalue weighted by molar-refractivity contribution is -0.0214. The van der Waals surface area contributed by atoms with Crippen LogP contribution in [-0.2, 0) is 4.74 Å². The number of furan rings is 1. The number of carbonyl (C=O) groups is 1. The molecule has 2 N–H and O–H groups in total. The predicted octanol–water partition coefficient (Wildman–Crippen LogP) is 0.709. The van der Waals surface area contributed by atoms with Gasteiger partial charge in [-0.15, -0.1) is 0 Å². The van der Waals surface area contributed by atoms with E-state index >= 15 is 0 Å². The average molecular weight is 296 g/mol. The third-order valence-electron chi connectivity index (χ3n) is 3.54. The smallest absolute Gasteiger partial charge is 0.287 e. The SMILES string of the molecule is Cc1cc(C)c(C(=O)NCC(C)(O)CN2CCOCC2)o1. The number of ether oxygens (including phenoxy) is 1. The molecule has 1 atom stereocenters. The molecule has 1 fully saturated rings. The molecule has 6 nitrogen and oxygen atoms in total. The predicted molar refractivity (Wildman–Crippen MR) is 78.4 cm³/mol. The number of carbonyl (C=O) groups excluding carboxylic acids is 1. The Hall–Kier alpha value is -1.37. The molecule has 6 heteroatoms. The number of aryl methyl sites for hydroxylation is 2. The zero-order valence-electron chi connectivity index (χ0n) is 12.9. The number of β-amino-alcohol motifs (C(OH)–C–C–N with tert-alkyl or cyclic N) is 1. The Bertz CT molecular complexity index is 490. The third kappa shape index (κ3) is 4.56. The van der Waals surface area contributed by atoms with Crippen LogP contribution in [0.1, 0.15) is 28.8 Å². The van der Waals surface area contributed by atoms with E-state index in [1.807, 2.05) is 13.0 Å². The molecule has 21 heavy (non-hydrogen) atoms. The molecular formula is C15H24N2O4. The van der Waals surface area contributed by atoms with Crippen LogP contribution in [0.15, 0.2) is 10.5 Å². The molecule has 0 saturated carbocycles. The number of amides is 1. The number of hydrogen-bond acceptors (Lipinski definition) is 5. The number of hydrogen-bond donors (Lipinski definition) is 2. The van der Waals surface area contributed by atoms with E-state index < -0.39 is 5.60 Å². The van der Waals surface area contributed by atoms with Crippen molar-refractivity contribution in [3.63, 3.8) is 0 Å². The van der Waals surface area contributed by atoms with E-state index in [1.165, 1.54) is 0 Å². The summed E-state index contributed by atoms with van der Waals surface area (Å²) < 4.78 is 10.7. The molecule has 2 rings (SSSR count). The minimum atomic E-state index is -0.984. The highest BCUT2D eigenvalue weighted by Crippen LogP contribution is 2.14. The van der Waals surface area contributed by atoms with Gasteiger partial charge in [0.25, 0.3) is 5.91 Å². The van der Waals surface area contributed by atoms with Crippen LogP contribution in [0.2, 0.25) is 0 Å². The minimum absolute atomic E-state index is 0.183. The normalized spacial score (nSPS) is 19.2. The van der Waals surface area contributed by atoms with Gasteiger partial charge in [0.15, 0.2) is 5.76 Å². The summed E-state index contributed by atoms with van der Waals surface area (Å²) in [7, 11) is 0. The van der Waals surface area contributed by atoms with Gasteiger partial charge in [-0.3, -0.25) is 9.69 Å². The zero-order valence-corrected chi connectivity index (χ0v) is 12.9. The molecule has 2 heterocycles. The summed E-state index contributed by atoms with van der Waals surface area (Å²) in [5.41, 5.74) is -0.180. The highest BCUT2D eigenvalue weighted by molar-refractivity contribution is 5.92. The minimum Gasteiger partial charge on any atom is -0.456 e. The lowest BCUT2D eigenvalue weighted by Crippen LogP contribution is -2.51. The largest absolute Gasteiger partial charge is 0.456 e. The van der Waals surface area contributed by atoms with Gasteiger partial charge >= 0.3 is 0 Å². The Morgan fingerprint density at radius 2 is 2.10 bits per heavy atom. The Labute approximate surface area is 125 Å². The Morgan fingerprint density at radius 3 is 2.67 bits per heavy atom. The van der Waals surface area contributed by atoms with Crippen LogP contribution >= 0.6 is 0 Å².